The molecule has 1 aliphatic rings. The van der Waals surface area contributed by atoms with Crippen molar-refractivity contribution in [2.24, 2.45) is 0 Å². The summed E-state index contributed by atoms with van der Waals surface area (Å²) in [6, 6.07) is 19.3. The summed E-state index contributed by atoms with van der Waals surface area (Å²) in [7, 11) is 0. The van der Waals surface area contributed by atoms with Crippen LogP contribution in [0.3, 0.4) is 0 Å². The number of carbonyl (C=O) groups is 3. The zero-order valence-electron chi connectivity index (χ0n) is 16.0. The maximum Gasteiger partial charge on any atom is 0.224 e. The Labute approximate surface area is 183 Å². The summed E-state index contributed by atoms with van der Waals surface area (Å²) in [5.41, 5.74) is 1.75. The number of nitrogens with one attached hydrogen (secondary N) is 1. The molecule has 0 saturated carbocycles. The van der Waals surface area contributed by atoms with Gasteiger partial charge in [-0.1, -0.05) is 48.0 Å². The topological polar surface area (TPSA) is 63.2 Å². The maximum absolute atomic E-state index is 13.0. The zero-order chi connectivity index (χ0) is 21.1. The second-order valence-electron chi connectivity index (χ2n) is 6.89. The van der Waals surface area contributed by atoms with Crippen molar-refractivity contribution in [3.63, 3.8) is 0 Å². The predicted molar refractivity (Wildman–Crippen MR) is 120 cm³/mol. The summed E-state index contributed by atoms with van der Waals surface area (Å²) < 4.78 is 0. The van der Waals surface area contributed by atoms with E-state index in [9.17, 15) is 14.4 Å². The van der Waals surface area contributed by atoms with Crippen molar-refractivity contribution in [2.75, 3.05) is 11.1 Å². The molecule has 0 bridgehead atoms. The Morgan fingerprint density at radius 3 is 2.23 bits per heavy atom. The van der Waals surface area contributed by atoms with Gasteiger partial charge in [0.15, 0.2) is 11.6 Å². The molecule has 3 aromatic carbocycles. The van der Waals surface area contributed by atoms with Crippen LogP contribution in [-0.2, 0) is 4.79 Å². The molecule has 0 atom stereocenters. The number of ketones is 2. The smallest absolute Gasteiger partial charge is 0.224 e. The van der Waals surface area contributed by atoms with Crippen LogP contribution in [0.2, 0.25) is 5.02 Å². The molecule has 6 heteroatoms. The Kier molecular flexibility index (Phi) is 6.02. The highest BCUT2D eigenvalue weighted by molar-refractivity contribution is 7.99. The molecule has 0 fully saturated rings. The molecule has 0 heterocycles. The molecule has 1 amide bonds. The number of halogens is 1. The minimum absolute atomic E-state index is 0.181. The number of fused-ring (bicyclic) bond motifs is 2. The van der Waals surface area contributed by atoms with Gasteiger partial charge in [-0.2, -0.15) is 0 Å². The molecule has 0 aliphatic heterocycles. The molecule has 4 rings (SSSR count). The van der Waals surface area contributed by atoms with E-state index >= 15 is 0 Å². The van der Waals surface area contributed by atoms with Crippen LogP contribution in [-0.4, -0.2) is 23.2 Å². The first-order chi connectivity index (χ1) is 14.5. The van der Waals surface area contributed by atoms with Crippen LogP contribution in [0.15, 0.2) is 71.6 Å². The van der Waals surface area contributed by atoms with Crippen LogP contribution in [0, 0.1) is 0 Å². The van der Waals surface area contributed by atoms with Gasteiger partial charge >= 0.3 is 0 Å². The lowest BCUT2D eigenvalue weighted by Crippen LogP contribution is -2.23. The first-order valence-corrected chi connectivity index (χ1v) is 10.9. The third kappa shape index (κ3) is 4.18. The van der Waals surface area contributed by atoms with Crippen molar-refractivity contribution in [2.45, 2.75) is 17.7 Å². The summed E-state index contributed by atoms with van der Waals surface area (Å²) in [6.45, 7) is 0. The third-order valence-electron chi connectivity index (χ3n) is 4.86. The highest BCUT2D eigenvalue weighted by Crippen LogP contribution is 2.32. The Balaban J connectivity index is 1.42. The highest BCUT2D eigenvalue weighted by Gasteiger charge is 2.31. The Morgan fingerprint density at radius 2 is 1.50 bits per heavy atom. The van der Waals surface area contributed by atoms with E-state index in [4.69, 9.17) is 11.6 Å². The third-order valence-corrected chi connectivity index (χ3v) is 6.21. The van der Waals surface area contributed by atoms with Gasteiger partial charge in [-0.3, -0.25) is 14.4 Å². The van der Waals surface area contributed by atoms with Crippen molar-refractivity contribution >= 4 is 46.5 Å². The molecule has 0 radical (unpaired) electrons. The largest absolute Gasteiger partial charge is 0.325 e. The Bertz CT molecular complexity index is 1140. The number of benzene rings is 3. The van der Waals surface area contributed by atoms with Gasteiger partial charge in [0.1, 0.15) is 0 Å². The average Bonchev–Trinajstić information content (AvgIpc) is 2.76. The molecule has 3 aromatic rings. The fourth-order valence-corrected chi connectivity index (χ4v) is 4.39. The molecule has 0 unspecified atom stereocenters. The molecule has 1 aliphatic carbocycles. The van der Waals surface area contributed by atoms with Crippen molar-refractivity contribution in [1.29, 1.82) is 0 Å². The van der Waals surface area contributed by atoms with Gasteiger partial charge in [0, 0.05) is 33.0 Å². The Morgan fingerprint density at radius 1 is 0.833 bits per heavy atom. The van der Waals surface area contributed by atoms with E-state index in [1.54, 1.807) is 54.2 Å². The quantitative estimate of drug-likeness (QED) is 0.315. The first-order valence-electron chi connectivity index (χ1n) is 9.54. The second-order valence-corrected chi connectivity index (χ2v) is 8.49. The number of hydrogen-bond acceptors (Lipinski definition) is 4. The summed E-state index contributed by atoms with van der Waals surface area (Å²) in [4.78, 5) is 39.3. The fourth-order valence-electron chi connectivity index (χ4n) is 3.42. The van der Waals surface area contributed by atoms with Gasteiger partial charge in [-0.05, 0) is 42.5 Å². The average molecular weight is 436 g/mol. The molecule has 30 heavy (non-hydrogen) atoms. The lowest BCUT2D eigenvalue weighted by Gasteiger charge is -2.20. The van der Waals surface area contributed by atoms with Crippen LogP contribution < -0.4 is 5.32 Å². The van der Waals surface area contributed by atoms with Gasteiger partial charge in [-0.25, -0.2) is 0 Å². The standard InChI is InChI=1S/C24H18ClNO3S/c25-15-10-12-16(13-11-15)30-14-4-9-21(27)26-20-8-3-7-19-22(20)24(29)18-6-2-1-5-17(18)23(19)28/h1-3,5-8,10-13H,4,9,14H2,(H,26,27). The SMILES string of the molecule is O=C(CCCSc1ccc(Cl)cc1)Nc1cccc2c1C(=O)c1ccccc1C2=O. The van der Waals surface area contributed by atoms with E-state index in [1.165, 1.54) is 0 Å². The van der Waals surface area contributed by atoms with Crippen molar-refractivity contribution in [3.8, 4) is 0 Å². The van der Waals surface area contributed by atoms with Crippen molar-refractivity contribution in [1.82, 2.24) is 0 Å². The summed E-state index contributed by atoms with van der Waals surface area (Å²) in [6.07, 6.45) is 1.01. The molecule has 0 spiro atoms. The van der Waals surface area contributed by atoms with E-state index in [0.29, 0.717) is 40.2 Å². The van der Waals surface area contributed by atoms with Crippen LogP contribution in [0.25, 0.3) is 0 Å². The second kappa shape index (κ2) is 8.86. The number of amides is 1. The number of rotatable bonds is 6. The van der Waals surface area contributed by atoms with Crippen LogP contribution in [0.1, 0.15) is 44.7 Å². The normalized spacial score (nSPS) is 12.3. The zero-order valence-corrected chi connectivity index (χ0v) is 17.6. The lowest BCUT2D eigenvalue weighted by atomic mass is 9.83. The number of hydrogen-bond donors (Lipinski definition) is 1. The Hall–Kier alpha value is -2.89. The van der Waals surface area contributed by atoms with Gasteiger partial charge < -0.3 is 5.32 Å². The molecule has 4 nitrogen and oxygen atoms in total. The predicted octanol–water partition coefficient (Wildman–Crippen LogP) is 5.63. The van der Waals surface area contributed by atoms with Gasteiger partial charge in [0.2, 0.25) is 5.91 Å². The molecular weight excluding hydrogens is 418 g/mol. The molecule has 1 N–H and O–H groups in total. The lowest BCUT2D eigenvalue weighted by molar-refractivity contribution is -0.116. The first kappa shape index (κ1) is 20.4. The van der Waals surface area contributed by atoms with E-state index in [0.717, 1.165) is 10.6 Å². The highest BCUT2D eigenvalue weighted by atomic mass is 35.5. The number of anilines is 1. The summed E-state index contributed by atoms with van der Waals surface area (Å²) >= 11 is 7.54. The van der Waals surface area contributed by atoms with Crippen LogP contribution in [0.4, 0.5) is 5.69 Å². The monoisotopic (exact) mass is 435 g/mol. The molecule has 150 valence electrons. The van der Waals surface area contributed by atoms with E-state index < -0.39 is 0 Å². The molecule has 0 saturated heterocycles. The van der Waals surface area contributed by atoms with Gasteiger partial charge in [0.25, 0.3) is 0 Å². The van der Waals surface area contributed by atoms with Crippen molar-refractivity contribution in [3.05, 3.63) is 94.0 Å². The fraction of sp³-hybridized carbons (Fsp3) is 0.125. The summed E-state index contributed by atoms with van der Waals surface area (Å²) in [5, 5.41) is 3.51. The van der Waals surface area contributed by atoms with Crippen molar-refractivity contribution < 1.29 is 14.4 Å². The minimum Gasteiger partial charge on any atom is -0.325 e. The van der Waals surface area contributed by atoms with E-state index in [-0.39, 0.29) is 23.0 Å². The van der Waals surface area contributed by atoms with Gasteiger partial charge in [0.05, 0.1) is 11.3 Å². The van der Waals surface area contributed by atoms with Crippen LogP contribution >= 0.6 is 23.4 Å². The minimum atomic E-state index is -0.241. The van der Waals surface area contributed by atoms with E-state index in [2.05, 4.69) is 5.32 Å². The van der Waals surface area contributed by atoms with E-state index in [1.807, 2.05) is 24.3 Å². The molecular formula is C24H18ClNO3S. The number of thioether (sulfide) groups is 1. The van der Waals surface area contributed by atoms with Crippen LogP contribution in [0.5, 0.6) is 0 Å². The maximum atomic E-state index is 13.0. The number of carbonyl (C=O) groups excluding carboxylic acids is 3. The van der Waals surface area contributed by atoms with Gasteiger partial charge in [-0.15, -0.1) is 11.8 Å². The molecule has 0 aromatic heterocycles. The summed E-state index contributed by atoms with van der Waals surface area (Å²) in [5.74, 6) is 0.163.